The Bertz CT molecular complexity index is 1070. The highest BCUT2D eigenvalue weighted by Gasteiger charge is 2.30. The Morgan fingerprint density at radius 2 is 1.70 bits per heavy atom. The van der Waals surface area contributed by atoms with Crippen molar-refractivity contribution in [3.63, 3.8) is 0 Å². The van der Waals surface area contributed by atoms with Gasteiger partial charge in [0.15, 0.2) is 0 Å². The minimum atomic E-state index is -0.647. The normalized spacial score (nSPS) is 18.5. The first-order valence-electron chi connectivity index (χ1n) is 10.9. The number of rotatable bonds is 5. The van der Waals surface area contributed by atoms with E-state index >= 15 is 0 Å². The van der Waals surface area contributed by atoms with Crippen LogP contribution in [-0.2, 0) is 20.8 Å². The second-order valence-corrected chi connectivity index (χ2v) is 8.16. The maximum atomic E-state index is 13.3. The number of aliphatic imine (C=N–C) groups is 1. The summed E-state index contributed by atoms with van der Waals surface area (Å²) in [5.74, 6) is -1.08. The van der Waals surface area contributed by atoms with E-state index < -0.39 is 11.9 Å². The molecule has 0 unspecified atom stereocenters. The Balaban J connectivity index is 1.51. The average molecular weight is 447 g/mol. The van der Waals surface area contributed by atoms with Crippen molar-refractivity contribution >= 4 is 23.5 Å². The fraction of sp³-hybridized carbons (Fsp3) is 0.280. The zero-order chi connectivity index (χ0) is 23.2. The molecule has 33 heavy (non-hydrogen) atoms. The Morgan fingerprint density at radius 3 is 2.30 bits per heavy atom. The minimum Gasteiger partial charge on any atom is -0.345 e. The molecule has 2 aliphatic rings. The molecule has 2 saturated heterocycles. The summed E-state index contributed by atoms with van der Waals surface area (Å²) in [6, 6.07) is 18.8. The molecule has 0 aromatic heterocycles. The molecule has 0 radical (unpaired) electrons. The SMILES string of the molecule is CN1NOC(=O)/C1=C\C(=NC(=O)c1ccccc1)C(=O)N1CCC(Cc2ccccc2)CC1. The van der Waals surface area contributed by atoms with Crippen LogP contribution in [0.25, 0.3) is 0 Å². The molecule has 0 atom stereocenters. The van der Waals surface area contributed by atoms with Gasteiger partial charge in [-0.2, -0.15) is 0 Å². The van der Waals surface area contributed by atoms with Crippen LogP contribution in [0.15, 0.2) is 77.4 Å². The van der Waals surface area contributed by atoms with Crippen LogP contribution in [0.5, 0.6) is 0 Å². The smallest absolute Gasteiger partial charge is 0.345 e. The molecule has 0 bridgehead atoms. The molecule has 4 rings (SSSR count). The predicted octanol–water partition coefficient (Wildman–Crippen LogP) is 2.54. The number of amides is 2. The van der Waals surface area contributed by atoms with Crippen molar-refractivity contribution in [2.45, 2.75) is 19.3 Å². The quantitative estimate of drug-likeness (QED) is 0.561. The van der Waals surface area contributed by atoms with Gasteiger partial charge in [-0.25, -0.2) is 9.79 Å². The van der Waals surface area contributed by atoms with Gasteiger partial charge in [-0.1, -0.05) is 54.1 Å². The molecule has 2 aliphatic heterocycles. The zero-order valence-electron chi connectivity index (χ0n) is 18.4. The second-order valence-electron chi connectivity index (χ2n) is 8.16. The Morgan fingerprint density at radius 1 is 1.06 bits per heavy atom. The number of hydrogen-bond acceptors (Lipinski definition) is 6. The molecule has 8 nitrogen and oxygen atoms in total. The van der Waals surface area contributed by atoms with Gasteiger partial charge >= 0.3 is 5.97 Å². The fourth-order valence-corrected chi connectivity index (χ4v) is 3.98. The Kier molecular flexibility index (Phi) is 6.95. The molecule has 2 aromatic rings. The van der Waals surface area contributed by atoms with E-state index in [1.807, 2.05) is 18.2 Å². The minimum absolute atomic E-state index is 0.0899. The lowest BCUT2D eigenvalue weighted by atomic mass is 9.90. The number of benzene rings is 2. The number of carbonyl (C=O) groups is 3. The van der Waals surface area contributed by atoms with Gasteiger partial charge in [0.25, 0.3) is 11.8 Å². The number of likely N-dealkylation sites (tertiary alicyclic amines) is 1. The van der Waals surface area contributed by atoms with Crippen molar-refractivity contribution in [2.24, 2.45) is 10.9 Å². The van der Waals surface area contributed by atoms with Crippen LogP contribution >= 0.6 is 0 Å². The van der Waals surface area contributed by atoms with Gasteiger partial charge in [0.1, 0.15) is 11.4 Å². The van der Waals surface area contributed by atoms with E-state index in [0.717, 1.165) is 19.3 Å². The molecule has 170 valence electrons. The first-order chi connectivity index (χ1) is 16.0. The lowest BCUT2D eigenvalue weighted by Gasteiger charge is -2.32. The third-order valence-electron chi connectivity index (χ3n) is 5.85. The fourth-order valence-electron chi connectivity index (χ4n) is 3.98. The highest BCUT2D eigenvalue weighted by molar-refractivity contribution is 6.45. The van der Waals surface area contributed by atoms with Crippen molar-refractivity contribution in [2.75, 3.05) is 20.1 Å². The number of nitrogens with zero attached hydrogens (tertiary/aromatic N) is 3. The second kappa shape index (κ2) is 10.2. The van der Waals surface area contributed by atoms with Crippen molar-refractivity contribution in [1.29, 1.82) is 0 Å². The van der Waals surface area contributed by atoms with Crippen molar-refractivity contribution in [1.82, 2.24) is 15.5 Å². The molecule has 2 aromatic carbocycles. The number of likely N-dealkylation sites (N-methyl/N-ethyl adjacent to an activating group) is 1. The van der Waals surface area contributed by atoms with Crippen molar-refractivity contribution < 1.29 is 19.2 Å². The standard InChI is InChI=1S/C25H26N4O4/c1-28-22(25(32)33-27-28)17-21(26-23(30)20-10-6-3-7-11-20)24(31)29-14-12-19(13-15-29)16-18-8-4-2-5-9-18/h2-11,17,19,27H,12-16H2,1H3/b22-17+,26-21?. The summed E-state index contributed by atoms with van der Waals surface area (Å²) in [5.41, 5.74) is 4.07. The van der Waals surface area contributed by atoms with Gasteiger partial charge in [-0.05, 0) is 42.9 Å². The molecule has 2 heterocycles. The van der Waals surface area contributed by atoms with E-state index in [9.17, 15) is 14.4 Å². The number of carbonyl (C=O) groups excluding carboxylic acids is 3. The Labute approximate surface area is 192 Å². The molecule has 0 aliphatic carbocycles. The van der Waals surface area contributed by atoms with Crippen LogP contribution in [-0.4, -0.2) is 53.5 Å². The van der Waals surface area contributed by atoms with Crippen molar-refractivity contribution in [3.05, 3.63) is 83.6 Å². The van der Waals surface area contributed by atoms with Gasteiger partial charge < -0.3 is 9.74 Å². The molecule has 0 saturated carbocycles. The third kappa shape index (κ3) is 5.53. The summed E-state index contributed by atoms with van der Waals surface area (Å²) in [5, 5.41) is 1.34. The molecule has 2 fully saturated rings. The summed E-state index contributed by atoms with van der Waals surface area (Å²) in [7, 11) is 1.58. The third-order valence-corrected chi connectivity index (χ3v) is 5.85. The zero-order valence-corrected chi connectivity index (χ0v) is 18.4. The van der Waals surface area contributed by atoms with Crippen LogP contribution in [0, 0.1) is 5.92 Å². The summed E-state index contributed by atoms with van der Waals surface area (Å²) in [6.45, 7) is 1.13. The van der Waals surface area contributed by atoms with Gasteiger partial charge in [-0.3, -0.25) is 14.6 Å². The van der Waals surface area contributed by atoms with E-state index in [1.165, 1.54) is 16.6 Å². The van der Waals surface area contributed by atoms with Crippen LogP contribution in [0.1, 0.15) is 28.8 Å². The summed E-state index contributed by atoms with van der Waals surface area (Å²) >= 11 is 0. The largest absolute Gasteiger partial charge is 0.376 e. The van der Waals surface area contributed by atoms with Crippen LogP contribution in [0.2, 0.25) is 0 Å². The molecule has 0 spiro atoms. The number of hydrazine groups is 1. The summed E-state index contributed by atoms with van der Waals surface area (Å²) < 4.78 is 0. The van der Waals surface area contributed by atoms with Gasteiger partial charge in [0.2, 0.25) is 0 Å². The maximum Gasteiger partial charge on any atom is 0.376 e. The van der Waals surface area contributed by atoms with E-state index in [2.05, 4.69) is 22.7 Å². The molecular weight excluding hydrogens is 420 g/mol. The van der Waals surface area contributed by atoms with E-state index in [-0.39, 0.29) is 17.3 Å². The maximum absolute atomic E-state index is 13.3. The molecule has 1 N–H and O–H groups in total. The van der Waals surface area contributed by atoms with E-state index in [1.54, 1.807) is 42.3 Å². The van der Waals surface area contributed by atoms with Gasteiger partial charge in [0, 0.05) is 31.8 Å². The predicted molar refractivity (Wildman–Crippen MR) is 123 cm³/mol. The number of hydrogen-bond donors (Lipinski definition) is 1. The highest BCUT2D eigenvalue weighted by Crippen LogP contribution is 2.22. The number of nitrogens with one attached hydrogen (secondary N) is 1. The van der Waals surface area contributed by atoms with Crippen LogP contribution < -0.4 is 5.59 Å². The molecule has 8 heteroatoms. The first-order valence-corrected chi connectivity index (χ1v) is 10.9. The van der Waals surface area contributed by atoms with Crippen LogP contribution in [0.4, 0.5) is 0 Å². The monoisotopic (exact) mass is 446 g/mol. The van der Waals surface area contributed by atoms with E-state index in [0.29, 0.717) is 24.6 Å². The number of piperidine rings is 1. The van der Waals surface area contributed by atoms with Gasteiger partial charge in [-0.15, -0.1) is 0 Å². The lowest BCUT2D eigenvalue weighted by Crippen LogP contribution is -2.42. The molecule has 2 amide bonds. The van der Waals surface area contributed by atoms with Crippen molar-refractivity contribution in [3.8, 4) is 0 Å². The van der Waals surface area contributed by atoms with Gasteiger partial charge in [0.05, 0.1) is 0 Å². The Hall–Kier alpha value is -3.78. The first kappa shape index (κ1) is 22.4. The van der Waals surface area contributed by atoms with E-state index in [4.69, 9.17) is 4.84 Å². The van der Waals surface area contributed by atoms with Crippen LogP contribution in [0.3, 0.4) is 0 Å². The topological polar surface area (TPSA) is 91.3 Å². The average Bonchev–Trinajstić information content (AvgIpc) is 3.17. The lowest BCUT2D eigenvalue weighted by molar-refractivity contribution is -0.142. The summed E-state index contributed by atoms with van der Waals surface area (Å²) in [4.78, 5) is 48.6. The highest BCUT2D eigenvalue weighted by atomic mass is 16.7. The summed E-state index contributed by atoms with van der Waals surface area (Å²) in [6.07, 6.45) is 4.01. The molecular formula is C25H26N4O4.